The number of para-hydroxylation sites is 1. The molecule has 0 aliphatic carbocycles. The second kappa shape index (κ2) is 8.43. The Bertz CT molecular complexity index is 1030. The number of aryl methyl sites for hydroxylation is 1. The zero-order valence-electron chi connectivity index (χ0n) is 16.1. The molecule has 0 saturated heterocycles. The standard InChI is InChI=1S/C22H22N2O4/c1-4-28-22(26)19(23-21(25)15-9-11-17(27-3)12-10-15)13-16-14-24(2)20-8-6-5-7-18(16)20/h5-14H,4H2,1-3H3,(H,23,25). The number of aromatic nitrogens is 1. The lowest BCUT2D eigenvalue weighted by molar-refractivity contribution is -0.138. The van der Waals surface area contributed by atoms with Crippen molar-refractivity contribution in [2.45, 2.75) is 6.92 Å². The number of hydrogen-bond donors (Lipinski definition) is 1. The Hall–Kier alpha value is -3.54. The van der Waals surface area contributed by atoms with Gasteiger partial charge in [0, 0.05) is 35.3 Å². The molecule has 0 radical (unpaired) electrons. The number of esters is 1. The second-order valence-corrected chi connectivity index (χ2v) is 6.17. The molecule has 1 heterocycles. The predicted octanol–water partition coefficient (Wildman–Crippen LogP) is 3.52. The van der Waals surface area contributed by atoms with E-state index < -0.39 is 11.9 Å². The van der Waals surface area contributed by atoms with Crippen LogP contribution in [0, 0.1) is 0 Å². The van der Waals surface area contributed by atoms with Crippen molar-refractivity contribution in [3.63, 3.8) is 0 Å². The van der Waals surface area contributed by atoms with E-state index in [-0.39, 0.29) is 12.3 Å². The van der Waals surface area contributed by atoms with Gasteiger partial charge in [-0.15, -0.1) is 0 Å². The van der Waals surface area contributed by atoms with Crippen LogP contribution in [0.3, 0.4) is 0 Å². The first kappa shape index (κ1) is 19.2. The highest BCUT2D eigenvalue weighted by molar-refractivity contribution is 6.04. The molecule has 28 heavy (non-hydrogen) atoms. The number of fused-ring (bicyclic) bond motifs is 1. The van der Waals surface area contributed by atoms with Gasteiger partial charge in [-0.05, 0) is 43.3 Å². The van der Waals surface area contributed by atoms with Crippen LogP contribution in [0.2, 0.25) is 0 Å². The van der Waals surface area contributed by atoms with Crippen molar-refractivity contribution >= 4 is 28.9 Å². The van der Waals surface area contributed by atoms with Gasteiger partial charge in [-0.2, -0.15) is 0 Å². The van der Waals surface area contributed by atoms with Crippen molar-refractivity contribution in [2.75, 3.05) is 13.7 Å². The minimum atomic E-state index is -0.586. The van der Waals surface area contributed by atoms with Crippen molar-refractivity contribution < 1.29 is 19.1 Å². The van der Waals surface area contributed by atoms with Gasteiger partial charge in [-0.3, -0.25) is 4.79 Å². The summed E-state index contributed by atoms with van der Waals surface area (Å²) in [7, 11) is 3.49. The topological polar surface area (TPSA) is 69.6 Å². The molecule has 0 unspecified atom stereocenters. The Kier molecular flexibility index (Phi) is 5.79. The zero-order chi connectivity index (χ0) is 20.1. The number of hydrogen-bond acceptors (Lipinski definition) is 4. The van der Waals surface area contributed by atoms with E-state index in [0.717, 1.165) is 16.5 Å². The zero-order valence-corrected chi connectivity index (χ0v) is 16.1. The smallest absolute Gasteiger partial charge is 0.354 e. The number of ether oxygens (including phenoxy) is 2. The quantitative estimate of drug-likeness (QED) is 0.526. The Morgan fingerprint density at radius 1 is 1.11 bits per heavy atom. The van der Waals surface area contributed by atoms with Crippen molar-refractivity contribution in [1.29, 1.82) is 0 Å². The number of carbonyl (C=O) groups is 2. The molecule has 3 aromatic rings. The first-order valence-electron chi connectivity index (χ1n) is 8.91. The Balaban J connectivity index is 1.95. The molecule has 1 amide bonds. The lowest BCUT2D eigenvalue weighted by Crippen LogP contribution is -2.28. The molecular formula is C22H22N2O4. The minimum absolute atomic E-state index is 0.0824. The molecule has 0 bridgehead atoms. The number of carbonyl (C=O) groups excluding carboxylic acids is 2. The summed E-state index contributed by atoms with van der Waals surface area (Å²) in [6.07, 6.45) is 3.55. The van der Waals surface area contributed by atoms with E-state index in [0.29, 0.717) is 11.3 Å². The third-order valence-corrected chi connectivity index (χ3v) is 4.32. The monoisotopic (exact) mass is 378 g/mol. The van der Waals surface area contributed by atoms with E-state index in [2.05, 4.69) is 5.32 Å². The lowest BCUT2D eigenvalue weighted by Gasteiger charge is -2.10. The summed E-state index contributed by atoms with van der Waals surface area (Å²) in [5.41, 5.74) is 2.34. The molecule has 6 nitrogen and oxygen atoms in total. The third-order valence-electron chi connectivity index (χ3n) is 4.32. The van der Waals surface area contributed by atoms with E-state index in [4.69, 9.17) is 9.47 Å². The van der Waals surface area contributed by atoms with Crippen LogP contribution < -0.4 is 10.1 Å². The number of nitrogens with zero attached hydrogens (tertiary/aromatic N) is 1. The van der Waals surface area contributed by atoms with Crippen LogP contribution in [-0.4, -0.2) is 30.2 Å². The summed E-state index contributed by atoms with van der Waals surface area (Å²) in [5.74, 6) is -0.340. The van der Waals surface area contributed by atoms with E-state index in [1.54, 1.807) is 44.4 Å². The number of benzene rings is 2. The lowest BCUT2D eigenvalue weighted by atomic mass is 10.1. The second-order valence-electron chi connectivity index (χ2n) is 6.17. The van der Waals surface area contributed by atoms with Gasteiger partial charge in [0.15, 0.2) is 0 Å². The van der Waals surface area contributed by atoms with E-state index in [9.17, 15) is 9.59 Å². The van der Waals surface area contributed by atoms with Gasteiger partial charge in [-0.25, -0.2) is 4.79 Å². The molecule has 0 aliphatic rings. The number of nitrogens with one attached hydrogen (secondary N) is 1. The summed E-state index contributed by atoms with van der Waals surface area (Å²) in [6.45, 7) is 1.93. The van der Waals surface area contributed by atoms with Gasteiger partial charge < -0.3 is 19.4 Å². The van der Waals surface area contributed by atoms with Gasteiger partial charge in [-0.1, -0.05) is 18.2 Å². The van der Waals surface area contributed by atoms with Crippen molar-refractivity contribution in [1.82, 2.24) is 9.88 Å². The van der Waals surface area contributed by atoms with Crippen molar-refractivity contribution in [3.05, 3.63) is 71.6 Å². The molecule has 144 valence electrons. The van der Waals surface area contributed by atoms with Gasteiger partial charge in [0.05, 0.1) is 13.7 Å². The Labute approximate surface area is 163 Å². The highest BCUT2D eigenvalue weighted by Crippen LogP contribution is 2.22. The van der Waals surface area contributed by atoms with E-state index in [1.807, 2.05) is 42.1 Å². The van der Waals surface area contributed by atoms with Crippen molar-refractivity contribution in [3.8, 4) is 5.75 Å². The fraction of sp³-hybridized carbons (Fsp3) is 0.182. The summed E-state index contributed by atoms with van der Waals surface area (Å²) < 4.78 is 12.2. The Morgan fingerprint density at radius 2 is 1.82 bits per heavy atom. The molecule has 0 spiro atoms. The highest BCUT2D eigenvalue weighted by atomic mass is 16.5. The van der Waals surface area contributed by atoms with Gasteiger partial charge in [0.25, 0.3) is 5.91 Å². The largest absolute Gasteiger partial charge is 0.497 e. The number of amides is 1. The summed E-state index contributed by atoms with van der Waals surface area (Å²) in [5, 5.41) is 3.65. The van der Waals surface area contributed by atoms with Gasteiger partial charge in [0.1, 0.15) is 11.4 Å². The minimum Gasteiger partial charge on any atom is -0.497 e. The van der Waals surface area contributed by atoms with Crippen LogP contribution in [0.5, 0.6) is 5.75 Å². The number of rotatable bonds is 6. The maximum Gasteiger partial charge on any atom is 0.354 e. The molecular weight excluding hydrogens is 356 g/mol. The van der Waals surface area contributed by atoms with Crippen LogP contribution in [0.15, 0.2) is 60.4 Å². The predicted molar refractivity (Wildman–Crippen MR) is 108 cm³/mol. The highest BCUT2D eigenvalue weighted by Gasteiger charge is 2.17. The van der Waals surface area contributed by atoms with E-state index >= 15 is 0 Å². The molecule has 3 rings (SSSR count). The summed E-state index contributed by atoms with van der Waals surface area (Å²) in [4.78, 5) is 25.0. The normalized spacial score (nSPS) is 11.3. The molecule has 0 aliphatic heterocycles. The third kappa shape index (κ3) is 4.06. The summed E-state index contributed by atoms with van der Waals surface area (Å²) in [6, 6.07) is 14.5. The first-order chi connectivity index (χ1) is 13.5. The van der Waals surface area contributed by atoms with Gasteiger partial charge in [0.2, 0.25) is 0 Å². The average Bonchev–Trinajstić information content (AvgIpc) is 3.03. The maximum absolute atomic E-state index is 12.6. The molecule has 1 N–H and O–H groups in total. The van der Waals surface area contributed by atoms with E-state index in [1.165, 1.54) is 0 Å². The first-order valence-corrected chi connectivity index (χ1v) is 8.91. The maximum atomic E-state index is 12.6. The fourth-order valence-corrected chi connectivity index (χ4v) is 2.94. The number of methoxy groups -OCH3 is 1. The molecule has 2 aromatic carbocycles. The van der Waals surface area contributed by atoms with Crippen LogP contribution >= 0.6 is 0 Å². The van der Waals surface area contributed by atoms with Crippen LogP contribution in [0.1, 0.15) is 22.8 Å². The Morgan fingerprint density at radius 3 is 2.50 bits per heavy atom. The molecule has 6 heteroatoms. The molecule has 0 saturated carbocycles. The fourth-order valence-electron chi connectivity index (χ4n) is 2.94. The van der Waals surface area contributed by atoms with Crippen LogP contribution in [0.4, 0.5) is 0 Å². The average molecular weight is 378 g/mol. The molecule has 0 atom stereocenters. The molecule has 1 aromatic heterocycles. The SMILES string of the molecule is CCOC(=O)C(=Cc1cn(C)c2ccccc12)NC(=O)c1ccc(OC)cc1. The van der Waals surface area contributed by atoms with Crippen molar-refractivity contribution in [2.24, 2.45) is 7.05 Å². The van der Waals surface area contributed by atoms with Crippen LogP contribution in [-0.2, 0) is 16.6 Å². The molecule has 0 fully saturated rings. The van der Waals surface area contributed by atoms with Crippen LogP contribution in [0.25, 0.3) is 17.0 Å². The summed E-state index contributed by atoms with van der Waals surface area (Å²) >= 11 is 0. The van der Waals surface area contributed by atoms with Gasteiger partial charge >= 0.3 is 5.97 Å².